The van der Waals surface area contributed by atoms with Crippen molar-refractivity contribution in [2.45, 2.75) is 25.7 Å². The van der Waals surface area contributed by atoms with Crippen molar-refractivity contribution in [3.05, 3.63) is 95.7 Å². The van der Waals surface area contributed by atoms with E-state index in [1.807, 2.05) is 48.5 Å². The molecular formula is C30H32N4O2. The van der Waals surface area contributed by atoms with Crippen LogP contribution in [-0.4, -0.2) is 42.8 Å². The number of para-hydroxylation sites is 1. The summed E-state index contributed by atoms with van der Waals surface area (Å²) < 4.78 is 5.41. The van der Waals surface area contributed by atoms with Gasteiger partial charge >= 0.3 is 0 Å². The number of anilines is 1. The van der Waals surface area contributed by atoms with Gasteiger partial charge < -0.3 is 15.0 Å². The van der Waals surface area contributed by atoms with Crippen LogP contribution in [0.2, 0.25) is 0 Å². The lowest BCUT2D eigenvalue weighted by Gasteiger charge is -2.33. The molecule has 1 aromatic heterocycles. The second-order valence-electron chi connectivity index (χ2n) is 9.36. The molecule has 0 radical (unpaired) electrons. The molecule has 3 aromatic carbocycles. The molecule has 1 N–H and O–H groups in total. The first-order chi connectivity index (χ1) is 17.7. The predicted octanol–water partition coefficient (Wildman–Crippen LogP) is 5.07. The summed E-state index contributed by atoms with van der Waals surface area (Å²) in [5, 5.41) is 13.8. The first-order valence-corrected chi connectivity index (χ1v) is 12.7. The Morgan fingerprint density at radius 1 is 0.917 bits per heavy atom. The van der Waals surface area contributed by atoms with Crippen LogP contribution in [0.25, 0.3) is 10.8 Å². The molecule has 1 aliphatic rings. The number of rotatable bonds is 8. The van der Waals surface area contributed by atoms with Crippen molar-refractivity contribution in [3.8, 4) is 5.75 Å². The highest BCUT2D eigenvalue weighted by Gasteiger charge is 2.24. The quantitative estimate of drug-likeness (QED) is 0.381. The van der Waals surface area contributed by atoms with Crippen LogP contribution < -0.4 is 15.0 Å². The lowest BCUT2D eigenvalue weighted by Crippen LogP contribution is -2.35. The number of carbonyl (C=O) groups excluding carboxylic acids is 1. The van der Waals surface area contributed by atoms with Crippen LogP contribution in [0.5, 0.6) is 5.75 Å². The van der Waals surface area contributed by atoms with Gasteiger partial charge in [0.15, 0.2) is 11.5 Å². The number of aromatic nitrogens is 2. The molecular weight excluding hydrogens is 448 g/mol. The number of ether oxygens (including phenoxy) is 1. The third kappa shape index (κ3) is 5.33. The molecule has 5 rings (SSSR count). The number of nitrogens with zero attached hydrogens (tertiary/aromatic N) is 3. The minimum absolute atomic E-state index is 0.207. The van der Waals surface area contributed by atoms with Crippen LogP contribution in [0, 0.1) is 5.92 Å². The topological polar surface area (TPSA) is 67.3 Å². The average molecular weight is 481 g/mol. The summed E-state index contributed by atoms with van der Waals surface area (Å²) in [4.78, 5) is 15.4. The molecule has 0 bridgehead atoms. The highest BCUT2D eigenvalue weighted by molar-refractivity contribution is 6.07. The Labute approximate surface area is 212 Å². The van der Waals surface area contributed by atoms with Gasteiger partial charge in [0.05, 0.1) is 7.11 Å². The van der Waals surface area contributed by atoms with E-state index in [1.165, 1.54) is 5.56 Å². The largest absolute Gasteiger partial charge is 0.496 e. The summed E-state index contributed by atoms with van der Waals surface area (Å²) in [6, 6.07) is 26.5. The number of benzene rings is 3. The van der Waals surface area contributed by atoms with Crippen molar-refractivity contribution in [2.24, 2.45) is 5.92 Å². The minimum Gasteiger partial charge on any atom is -0.496 e. The van der Waals surface area contributed by atoms with E-state index in [1.54, 1.807) is 7.11 Å². The van der Waals surface area contributed by atoms with Gasteiger partial charge in [0.1, 0.15) is 5.75 Å². The van der Waals surface area contributed by atoms with E-state index in [0.717, 1.165) is 60.3 Å². The summed E-state index contributed by atoms with van der Waals surface area (Å²) in [5.74, 6) is 2.17. The van der Waals surface area contributed by atoms with Gasteiger partial charge in [-0.3, -0.25) is 4.79 Å². The average Bonchev–Trinajstić information content (AvgIpc) is 2.94. The van der Waals surface area contributed by atoms with E-state index >= 15 is 0 Å². The maximum absolute atomic E-state index is 13.0. The van der Waals surface area contributed by atoms with E-state index in [9.17, 15) is 4.79 Å². The van der Waals surface area contributed by atoms with Crippen molar-refractivity contribution in [1.82, 2.24) is 15.5 Å². The third-order valence-electron chi connectivity index (χ3n) is 7.04. The number of methoxy groups -OCH3 is 1. The molecule has 0 saturated carbocycles. The van der Waals surface area contributed by atoms with Crippen molar-refractivity contribution in [3.63, 3.8) is 0 Å². The molecule has 6 heteroatoms. The molecule has 1 fully saturated rings. The van der Waals surface area contributed by atoms with Crippen LogP contribution in [0.4, 0.5) is 5.82 Å². The zero-order valence-electron chi connectivity index (χ0n) is 20.7. The molecule has 0 aliphatic carbocycles. The fraction of sp³-hybridized carbons (Fsp3) is 0.300. The predicted molar refractivity (Wildman–Crippen MR) is 144 cm³/mol. The van der Waals surface area contributed by atoms with Gasteiger partial charge in [0, 0.05) is 30.4 Å². The molecule has 0 spiro atoms. The molecule has 36 heavy (non-hydrogen) atoms. The van der Waals surface area contributed by atoms with Crippen molar-refractivity contribution in [1.29, 1.82) is 0 Å². The maximum Gasteiger partial charge on any atom is 0.272 e. The van der Waals surface area contributed by atoms with Gasteiger partial charge in [-0.05, 0) is 48.8 Å². The molecule has 0 unspecified atom stereocenters. The second kappa shape index (κ2) is 11.2. The fourth-order valence-corrected chi connectivity index (χ4v) is 5.09. The number of carbonyl (C=O) groups is 1. The Morgan fingerprint density at radius 2 is 1.61 bits per heavy atom. The first-order valence-electron chi connectivity index (χ1n) is 12.7. The standard InChI is InChI=1S/C30H32N4O2/c1-36-27-14-8-5-11-24(27)15-18-31-30(35)28-25-12-6-7-13-26(25)29(33-32-28)34-19-16-23(17-20-34)21-22-9-3-2-4-10-22/h2-14,23H,15-21H2,1H3,(H,31,35). The van der Waals surface area contributed by atoms with Crippen LogP contribution >= 0.6 is 0 Å². The summed E-state index contributed by atoms with van der Waals surface area (Å²) in [5.41, 5.74) is 2.83. The lowest BCUT2D eigenvalue weighted by molar-refractivity contribution is 0.0950. The lowest BCUT2D eigenvalue weighted by atomic mass is 9.90. The number of amides is 1. The van der Waals surface area contributed by atoms with E-state index in [0.29, 0.717) is 24.6 Å². The molecule has 4 aromatic rings. The molecule has 1 amide bonds. The van der Waals surface area contributed by atoms with Gasteiger partial charge in [-0.1, -0.05) is 72.8 Å². The molecule has 1 aliphatic heterocycles. The zero-order valence-corrected chi connectivity index (χ0v) is 20.7. The van der Waals surface area contributed by atoms with Crippen LogP contribution in [-0.2, 0) is 12.8 Å². The molecule has 184 valence electrons. The van der Waals surface area contributed by atoms with Crippen LogP contribution in [0.1, 0.15) is 34.5 Å². The van der Waals surface area contributed by atoms with Gasteiger partial charge in [-0.2, -0.15) is 0 Å². The van der Waals surface area contributed by atoms with Gasteiger partial charge in [0.25, 0.3) is 5.91 Å². The minimum atomic E-state index is -0.207. The summed E-state index contributed by atoms with van der Waals surface area (Å²) in [7, 11) is 1.66. The Morgan fingerprint density at radius 3 is 2.39 bits per heavy atom. The van der Waals surface area contributed by atoms with Gasteiger partial charge in [-0.15, -0.1) is 10.2 Å². The molecule has 1 saturated heterocycles. The molecule has 6 nitrogen and oxygen atoms in total. The number of hydrogen-bond donors (Lipinski definition) is 1. The number of fused-ring (bicyclic) bond motifs is 1. The Hall–Kier alpha value is -3.93. The summed E-state index contributed by atoms with van der Waals surface area (Å²) in [6.45, 7) is 2.38. The Kier molecular flexibility index (Phi) is 7.41. The Bertz CT molecular complexity index is 1320. The molecule has 0 atom stereocenters. The van der Waals surface area contributed by atoms with E-state index in [4.69, 9.17) is 4.74 Å². The SMILES string of the molecule is COc1ccccc1CCNC(=O)c1nnc(N2CCC(Cc3ccccc3)CC2)c2ccccc12. The van der Waals surface area contributed by atoms with Gasteiger partial charge in [0.2, 0.25) is 0 Å². The van der Waals surface area contributed by atoms with Crippen LogP contribution in [0.3, 0.4) is 0 Å². The van der Waals surface area contributed by atoms with E-state index < -0.39 is 0 Å². The van der Waals surface area contributed by atoms with Gasteiger partial charge in [-0.25, -0.2) is 0 Å². The van der Waals surface area contributed by atoms with E-state index in [2.05, 4.69) is 50.7 Å². The summed E-state index contributed by atoms with van der Waals surface area (Å²) in [6.07, 6.45) is 4.04. The highest BCUT2D eigenvalue weighted by Crippen LogP contribution is 2.30. The first kappa shape index (κ1) is 23.8. The van der Waals surface area contributed by atoms with Crippen molar-refractivity contribution < 1.29 is 9.53 Å². The summed E-state index contributed by atoms with van der Waals surface area (Å²) >= 11 is 0. The second-order valence-corrected chi connectivity index (χ2v) is 9.36. The third-order valence-corrected chi connectivity index (χ3v) is 7.04. The van der Waals surface area contributed by atoms with E-state index in [-0.39, 0.29) is 5.91 Å². The number of piperidine rings is 1. The molecule has 2 heterocycles. The smallest absolute Gasteiger partial charge is 0.272 e. The highest BCUT2D eigenvalue weighted by atomic mass is 16.5. The van der Waals surface area contributed by atoms with Crippen LogP contribution in [0.15, 0.2) is 78.9 Å². The monoisotopic (exact) mass is 480 g/mol. The van der Waals surface area contributed by atoms with Crippen molar-refractivity contribution >= 4 is 22.5 Å². The zero-order chi connectivity index (χ0) is 24.7. The number of hydrogen-bond acceptors (Lipinski definition) is 5. The normalized spacial score (nSPS) is 14.1. The van der Waals surface area contributed by atoms with Crippen molar-refractivity contribution in [2.75, 3.05) is 31.6 Å². The fourth-order valence-electron chi connectivity index (χ4n) is 5.09. The maximum atomic E-state index is 13.0. The Balaban J connectivity index is 1.26. The number of nitrogens with one attached hydrogen (secondary N) is 1.